The molecule has 19 heteroatoms. The van der Waals surface area contributed by atoms with Crippen LogP contribution in [0.15, 0.2) is 0 Å². The van der Waals surface area contributed by atoms with Gasteiger partial charge >= 0.3 is 39.5 Å². The van der Waals surface area contributed by atoms with Crippen molar-refractivity contribution in [3.63, 3.8) is 0 Å². The molecule has 3 N–H and O–H groups in total. The number of rotatable bonds is 61. The maximum absolute atomic E-state index is 13.0. The summed E-state index contributed by atoms with van der Waals surface area (Å²) in [6.45, 7) is 11.6. The summed E-state index contributed by atoms with van der Waals surface area (Å²) in [5.74, 6) is -0.0107. The Morgan fingerprint density at radius 2 is 0.622 bits per heavy atom. The average Bonchev–Trinajstić information content (AvgIpc) is 3.44. The highest BCUT2D eigenvalue weighted by atomic mass is 31.2. The smallest absolute Gasteiger partial charge is 0.462 e. The molecule has 0 aromatic rings. The van der Waals surface area contributed by atoms with Crippen molar-refractivity contribution in [2.45, 2.75) is 324 Å². The standard InChI is InChI=1S/C63H122O17P2/c1-8-11-12-13-14-15-16-17-18-19-20-32-39-46-62(67)79-58(50-74-61(66)45-38-31-25-22-28-35-42-55(6)9-2)52-77-81(69,70)75-48-57(64)49-76-82(71,72)78-53-59(51-73-60(65)44-37-30-24-21-27-34-41-54(4)5)80-63(68)47-40-33-26-23-29-36-43-56(7)10-3/h54-59,64H,8-53H2,1-7H3,(H,69,70)(H,71,72)/t55?,56?,57-,58-,59-/m1/s1. The molecule has 0 bridgehead atoms. The van der Waals surface area contributed by atoms with Crippen molar-refractivity contribution in [3.05, 3.63) is 0 Å². The van der Waals surface area contributed by atoms with Crippen LogP contribution in [0.25, 0.3) is 0 Å². The summed E-state index contributed by atoms with van der Waals surface area (Å²) in [5, 5.41) is 10.5. The van der Waals surface area contributed by atoms with Crippen molar-refractivity contribution in [2.75, 3.05) is 39.6 Å². The number of esters is 4. The number of phosphoric ester groups is 2. The molecule has 0 aliphatic rings. The molecule has 4 unspecified atom stereocenters. The van der Waals surface area contributed by atoms with Crippen LogP contribution >= 0.6 is 15.6 Å². The fourth-order valence-corrected chi connectivity index (χ4v) is 10.8. The fourth-order valence-electron chi connectivity index (χ4n) is 9.24. The largest absolute Gasteiger partial charge is 0.472 e. The third-order valence-electron chi connectivity index (χ3n) is 15.1. The molecular formula is C63H122O17P2. The van der Waals surface area contributed by atoms with Gasteiger partial charge in [0.05, 0.1) is 26.4 Å². The van der Waals surface area contributed by atoms with E-state index in [9.17, 15) is 43.2 Å². The topological polar surface area (TPSA) is 237 Å². The number of aliphatic hydroxyl groups is 1. The summed E-state index contributed by atoms with van der Waals surface area (Å²) in [6.07, 6.45) is 35.0. The molecule has 0 aromatic carbocycles. The predicted octanol–water partition coefficient (Wildman–Crippen LogP) is 17.1. The van der Waals surface area contributed by atoms with Gasteiger partial charge in [0.1, 0.15) is 19.3 Å². The van der Waals surface area contributed by atoms with E-state index in [0.717, 1.165) is 115 Å². The Balaban J connectivity index is 5.25. The molecule has 0 spiro atoms. The van der Waals surface area contributed by atoms with E-state index in [1.54, 1.807) is 0 Å². The van der Waals surface area contributed by atoms with Gasteiger partial charge in [-0.15, -0.1) is 0 Å². The van der Waals surface area contributed by atoms with Crippen LogP contribution in [0.2, 0.25) is 0 Å². The van der Waals surface area contributed by atoms with Crippen molar-refractivity contribution >= 4 is 39.5 Å². The maximum atomic E-state index is 13.0. The van der Waals surface area contributed by atoms with Crippen molar-refractivity contribution in [3.8, 4) is 0 Å². The summed E-state index contributed by atoms with van der Waals surface area (Å²) < 4.78 is 67.9. The second-order valence-electron chi connectivity index (χ2n) is 23.8. The van der Waals surface area contributed by atoms with Crippen LogP contribution < -0.4 is 0 Å². The highest BCUT2D eigenvalue weighted by Crippen LogP contribution is 2.45. The molecule has 0 aliphatic heterocycles. The molecule has 82 heavy (non-hydrogen) atoms. The first-order chi connectivity index (χ1) is 39.3. The fraction of sp³-hybridized carbons (Fsp3) is 0.937. The molecule has 17 nitrogen and oxygen atoms in total. The van der Waals surface area contributed by atoms with Gasteiger partial charge in [0.15, 0.2) is 12.2 Å². The summed E-state index contributed by atoms with van der Waals surface area (Å²) in [6, 6.07) is 0. The number of carbonyl (C=O) groups excluding carboxylic acids is 4. The number of hydrogen-bond acceptors (Lipinski definition) is 15. The van der Waals surface area contributed by atoms with Gasteiger partial charge < -0.3 is 33.8 Å². The van der Waals surface area contributed by atoms with E-state index in [-0.39, 0.29) is 25.7 Å². The summed E-state index contributed by atoms with van der Waals surface area (Å²) in [4.78, 5) is 72.1. The van der Waals surface area contributed by atoms with Gasteiger partial charge in [-0.2, -0.15) is 0 Å². The molecular weight excluding hydrogens is 1090 g/mol. The number of ether oxygens (including phenoxy) is 4. The van der Waals surface area contributed by atoms with E-state index in [4.69, 9.17) is 37.0 Å². The van der Waals surface area contributed by atoms with E-state index in [1.807, 2.05) is 0 Å². The minimum Gasteiger partial charge on any atom is -0.462 e. The van der Waals surface area contributed by atoms with Gasteiger partial charge in [-0.05, 0) is 43.4 Å². The second-order valence-corrected chi connectivity index (χ2v) is 26.7. The van der Waals surface area contributed by atoms with Gasteiger partial charge in [0, 0.05) is 25.7 Å². The van der Waals surface area contributed by atoms with Crippen LogP contribution in [0.4, 0.5) is 0 Å². The Kier molecular flexibility index (Phi) is 53.2. The van der Waals surface area contributed by atoms with Crippen molar-refractivity contribution in [1.29, 1.82) is 0 Å². The number of aliphatic hydroxyl groups excluding tert-OH is 1. The lowest BCUT2D eigenvalue weighted by atomic mass is 10.00. The SMILES string of the molecule is CCCCCCCCCCCCCCCC(=O)O[C@H](COC(=O)CCCCCCCCC(C)CC)COP(=O)(O)OC[C@@H](O)COP(=O)(O)OC[C@@H](COC(=O)CCCCCCCCC(C)C)OC(=O)CCCCCCCCC(C)CC. The van der Waals surface area contributed by atoms with Gasteiger partial charge in [-0.1, -0.05) is 254 Å². The molecule has 0 amide bonds. The van der Waals surface area contributed by atoms with Gasteiger partial charge in [0.25, 0.3) is 0 Å². The molecule has 0 fully saturated rings. The molecule has 0 aromatic heterocycles. The quantitative estimate of drug-likeness (QED) is 0.0222. The van der Waals surface area contributed by atoms with Crippen LogP contribution in [0, 0.1) is 17.8 Å². The van der Waals surface area contributed by atoms with Crippen LogP contribution in [0.1, 0.15) is 305 Å². The van der Waals surface area contributed by atoms with Crippen molar-refractivity contribution in [2.24, 2.45) is 17.8 Å². The Bertz CT molecular complexity index is 1630. The minimum absolute atomic E-state index is 0.101. The lowest BCUT2D eigenvalue weighted by Crippen LogP contribution is -2.30. The third kappa shape index (κ3) is 54.7. The number of carbonyl (C=O) groups is 4. The van der Waals surface area contributed by atoms with E-state index in [2.05, 4.69) is 48.5 Å². The minimum atomic E-state index is -4.94. The first-order valence-electron chi connectivity index (χ1n) is 32.9. The molecule has 0 radical (unpaired) electrons. The summed E-state index contributed by atoms with van der Waals surface area (Å²) in [7, 11) is -9.89. The Morgan fingerprint density at radius 1 is 0.354 bits per heavy atom. The van der Waals surface area contributed by atoms with Crippen molar-refractivity contribution in [1.82, 2.24) is 0 Å². The maximum Gasteiger partial charge on any atom is 0.472 e. The molecule has 486 valence electrons. The Morgan fingerprint density at radius 3 is 0.927 bits per heavy atom. The van der Waals surface area contributed by atoms with Crippen LogP contribution in [0.5, 0.6) is 0 Å². The zero-order chi connectivity index (χ0) is 61.0. The van der Waals surface area contributed by atoms with E-state index in [0.29, 0.717) is 31.6 Å². The summed E-state index contributed by atoms with van der Waals surface area (Å²) in [5.41, 5.74) is 0. The molecule has 0 saturated carbocycles. The zero-order valence-electron chi connectivity index (χ0n) is 52.9. The van der Waals surface area contributed by atoms with E-state index in [1.165, 1.54) is 103 Å². The van der Waals surface area contributed by atoms with Gasteiger partial charge in [-0.3, -0.25) is 37.3 Å². The molecule has 0 aliphatic carbocycles. The molecule has 0 heterocycles. The van der Waals surface area contributed by atoms with Gasteiger partial charge in [0.2, 0.25) is 0 Å². The number of hydrogen-bond donors (Lipinski definition) is 3. The van der Waals surface area contributed by atoms with Crippen molar-refractivity contribution < 1.29 is 80.2 Å². The second kappa shape index (κ2) is 54.5. The monoisotopic (exact) mass is 1210 g/mol. The van der Waals surface area contributed by atoms with Crippen LogP contribution in [0.3, 0.4) is 0 Å². The van der Waals surface area contributed by atoms with E-state index < -0.39 is 97.5 Å². The predicted molar refractivity (Wildman–Crippen MR) is 326 cm³/mol. The normalized spacial score (nSPS) is 15.1. The number of phosphoric acid groups is 2. The Hall–Kier alpha value is -1.94. The first-order valence-corrected chi connectivity index (χ1v) is 35.9. The molecule has 7 atom stereocenters. The highest BCUT2D eigenvalue weighted by Gasteiger charge is 2.30. The zero-order valence-corrected chi connectivity index (χ0v) is 54.7. The first kappa shape index (κ1) is 80.1. The van der Waals surface area contributed by atoms with E-state index >= 15 is 0 Å². The van der Waals surface area contributed by atoms with Crippen LogP contribution in [-0.4, -0.2) is 96.7 Å². The lowest BCUT2D eigenvalue weighted by Gasteiger charge is -2.21. The number of unbranched alkanes of at least 4 members (excludes halogenated alkanes) is 27. The Labute approximate surface area is 498 Å². The molecule has 0 saturated heterocycles. The van der Waals surface area contributed by atoms with Gasteiger partial charge in [-0.25, -0.2) is 9.13 Å². The third-order valence-corrected chi connectivity index (χ3v) is 17.0. The lowest BCUT2D eigenvalue weighted by molar-refractivity contribution is -0.161. The highest BCUT2D eigenvalue weighted by molar-refractivity contribution is 7.47. The molecule has 0 rings (SSSR count). The average molecular weight is 1210 g/mol. The summed E-state index contributed by atoms with van der Waals surface area (Å²) >= 11 is 0. The van der Waals surface area contributed by atoms with Crippen LogP contribution in [-0.2, 0) is 65.4 Å².